The minimum Gasteiger partial charge on any atom is -0.355 e. The van der Waals surface area contributed by atoms with Gasteiger partial charge in [0.15, 0.2) is 11.6 Å². The molecule has 1 aromatic heterocycles. The van der Waals surface area contributed by atoms with Gasteiger partial charge in [-0.3, -0.25) is 4.79 Å². The van der Waals surface area contributed by atoms with Gasteiger partial charge in [0.1, 0.15) is 0 Å². The molecule has 0 bridgehead atoms. The fourth-order valence-corrected chi connectivity index (χ4v) is 4.25. The molecular weight excluding hydrogens is 362 g/mol. The molecule has 0 spiro atoms. The minimum atomic E-state index is 0.206. The van der Waals surface area contributed by atoms with Gasteiger partial charge >= 0.3 is 0 Å². The van der Waals surface area contributed by atoms with Crippen LogP contribution in [0.4, 0.5) is 11.6 Å². The van der Waals surface area contributed by atoms with Gasteiger partial charge in [-0.25, -0.2) is 0 Å². The molecule has 1 amide bonds. The van der Waals surface area contributed by atoms with Gasteiger partial charge in [-0.2, -0.15) is 0 Å². The Morgan fingerprint density at radius 2 is 1.45 bits per heavy atom. The molecular formula is C23H31N5O. The van der Waals surface area contributed by atoms with Crippen molar-refractivity contribution >= 4 is 17.5 Å². The van der Waals surface area contributed by atoms with E-state index < -0.39 is 0 Å². The molecule has 6 nitrogen and oxygen atoms in total. The fourth-order valence-electron chi connectivity index (χ4n) is 4.25. The second-order valence-corrected chi connectivity index (χ2v) is 8.18. The van der Waals surface area contributed by atoms with E-state index in [-0.39, 0.29) is 5.91 Å². The summed E-state index contributed by atoms with van der Waals surface area (Å²) in [7, 11) is 0. The van der Waals surface area contributed by atoms with Gasteiger partial charge in [-0.05, 0) is 37.5 Å². The zero-order valence-electron chi connectivity index (χ0n) is 17.4. The number of piperazine rings is 1. The van der Waals surface area contributed by atoms with E-state index in [1.165, 1.54) is 31.2 Å². The van der Waals surface area contributed by atoms with Crippen LogP contribution in [0.2, 0.25) is 0 Å². The molecule has 0 N–H and O–H groups in total. The summed E-state index contributed by atoms with van der Waals surface area (Å²) >= 11 is 0. The molecule has 0 unspecified atom stereocenters. The third kappa shape index (κ3) is 5.05. The number of hydrogen-bond donors (Lipinski definition) is 0. The van der Waals surface area contributed by atoms with E-state index in [2.05, 4.69) is 51.2 Å². The Kier molecular flexibility index (Phi) is 6.27. The summed E-state index contributed by atoms with van der Waals surface area (Å²) in [6.45, 7) is 7.30. The smallest absolute Gasteiger partial charge is 0.227 e. The van der Waals surface area contributed by atoms with Gasteiger partial charge in [-0.15, -0.1) is 10.2 Å². The Morgan fingerprint density at radius 1 is 0.828 bits per heavy atom. The SMILES string of the molecule is Cc1cccc(CC(=O)N2CCN(c3ccc(N4CCCCCC4)nn3)CC2)c1. The number of carbonyl (C=O) groups excluding carboxylic acids is 1. The van der Waals surface area contributed by atoms with E-state index in [1.807, 2.05) is 17.0 Å². The van der Waals surface area contributed by atoms with Crippen molar-refractivity contribution in [1.29, 1.82) is 0 Å². The summed E-state index contributed by atoms with van der Waals surface area (Å²) in [6.07, 6.45) is 5.58. The third-order valence-electron chi connectivity index (χ3n) is 5.96. The predicted octanol–water partition coefficient (Wildman–Crippen LogP) is 3.06. The van der Waals surface area contributed by atoms with Crippen molar-refractivity contribution in [2.75, 3.05) is 49.1 Å². The number of nitrogens with zero attached hydrogens (tertiary/aromatic N) is 5. The van der Waals surface area contributed by atoms with Crippen LogP contribution in [0.25, 0.3) is 0 Å². The van der Waals surface area contributed by atoms with E-state index in [9.17, 15) is 4.79 Å². The molecule has 6 heteroatoms. The standard InChI is InChI=1S/C23H31N5O/c1-19-7-6-8-20(17-19)18-23(29)28-15-13-27(14-16-28)22-10-9-21(24-25-22)26-11-4-2-3-5-12-26/h6-10,17H,2-5,11-16,18H2,1H3. The van der Waals surface area contributed by atoms with E-state index in [0.717, 1.165) is 56.5 Å². The average molecular weight is 394 g/mol. The molecule has 29 heavy (non-hydrogen) atoms. The number of amides is 1. The Labute approximate surface area is 173 Å². The molecule has 2 aromatic rings. The number of aryl methyl sites for hydroxylation is 1. The number of aromatic nitrogens is 2. The number of hydrogen-bond acceptors (Lipinski definition) is 5. The third-order valence-corrected chi connectivity index (χ3v) is 5.96. The quantitative estimate of drug-likeness (QED) is 0.799. The van der Waals surface area contributed by atoms with Crippen molar-refractivity contribution in [3.63, 3.8) is 0 Å². The first-order valence-electron chi connectivity index (χ1n) is 10.9. The van der Waals surface area contributed by atoms with Crippen LogP contribution in [0.15, 0.2) is 36.4 Å². The molecule has 4 rings (SSSR count). The normalized spacial score (nSPS) is 17.9. The summed E-state index contributed by atoms with van der Waals surface area (Å²) < 4.78 is 0. The lowest BCUT2D eigenvalue weighted by Crippen LogP contribution is -2.49. The molecule has 0 radical (unpaired) electrons. The van der Waals surface area contributed by atoms with Crippen molar-refractivity contribution in [2.24, 2.45) is 0 Å². The number of carbonyl (C=O) groups is 1. The van der Waals surface area contributed by atoms with Crippen molar-refractivity contribution in [2.45, 2.75) is 39.0 Å². The summed E-state index contributed by atoms with van der Waals surface area (Å²) in [5.74, 6) is 2.11. The largest absolute Gasteiger partial charge is 0.355 e. The van der Waals surface area contributed by atoms with Gasteiger partial charge < -0.3 is 14.7 Å². The summed E-state index contributed by atoms with van der Waals surface area (Å²) in [5.41, 5.74) is 2.29. The number of anilines is 2. The van der Waals surface area contributed by atoms with Crippen LogP contribution < -0.4 is 9.80 Å². The van der Waals surface area contributed by atoms with Crippen LogP contribution in [0.5, 0.6) is 0 Å². The highest BCUT2D eigenvalue weighted by Crippen LogP contribution is 2.20. The molecule has 154 valence electrons. The number of rotatable bonds is 4. The van der Waals surface area contributed by atoms with Crippen molar-refractivity contribution in [3.05, 3.63) is 47.5 Å². The van der Waals surface area contributed by atoms with Crippen molar-refractivity contribution < 1.29 is 4.79 Å². The van der Waals surface area contributed by atoms with Gasteiger partial charge in [0.05, 0.1) is 6.42 Å². The molecule has 2 fully saturated rings. The summed E-state index contributed by atoms with van der Waals surface area (Å²) in [6, 6.07) is 12.4. The lowest BCUT2D eigenvalue weighted by atomic mass is 10.1. The van der Waals surface area contributed by atoms with Crippen LogP contribution in [0.1, 0.15) is 36.8 Å². The lowest BCUT2D eigenvalue weighted by molar-refractivity contribution is -0.130. The van der Waals surface area contributed by atoms with E-state index in [4.69, 9.17) is 0 Å². The maximum Gasteiger partial charge on any atom is 0.227 e. The molecule has 2 aliphatic rings. The lowest BCUT2D eigenvalue weighted by Gasteiger charge is -2.35. The maximum absolute atomic E-state index is 12.6. The first-order valence-corrected chi connectivity index (χ1v) is 10.9. The zero-order valence-corrected chi connectivity index (χ0v) is 17.4. The molecule has 3 heterocycles. The highest BCUT2D eigenvalue weighted by atomic mass is 16.2. The predicted molar refractivity (Wildman–Crippen MR) is 116 cm³/mol. The molecule has 2 aliphatic heterocycles. The van der Waals surface area contributed by atoms with E-state index >= 15 is 0 Å². The van der Waals surface area contributed by atoms with E-state index in [0.29, 0.717) is 6.42 Å². The topological polar surface area (TPSA) is 52.6 Å². The van der Waals surface area contributed by atoms with Crippen LogP contribution in [0.3, 0.4) is 0 Å². The fraction of sp³-hybridized carbons (Fsp3) is 0.522. The van der Waals surface area contributed by atoms with Crippen molar-refractivity contribution in [3.8, 4) is 0 Å². The first-order chi connectivity index (χ1) is 14.2. The zero-order chi connectivity index (χ0) is 20.1. The first kappa shape index (κ1) is 19.7. The molecule has 0 atom stereocenters. The van der Waals surface area contributed by atoms with Crippen LogP contribution in [-0.2, 0) is 11.2 Å². The molecule has 2 saturated heterocycles. The van der Waals surface area contributed by atoms with Crippen molar-refractivity contribution in [1.82, 2.24) is 15.1 Å². The molecule has 1 aromatic carbocycles. The van der Waals surface area contributed by atoms with E-state index in [1.54, 1.807) is 0 Å². The molecule has 0 aliphatic carbocycles. The maximum atomic E-state index is 12.6. The van der Waals surface area contributed by atoms with Gasteiger partial charge in [0.25, 0.3) is 0 Å². The summed E-state index contributed by atoms with van der Waals surface area (Å²) in [4.78, 5) is 19.2. The van der Waals surface area contributed by atoms with Crippen LogP contribution in [-0.4, -0.2) is 60.3 Å². The average Bonchev–Trinajstić information content (AvgIpc) is 3.04. The second-order valence-electron chi connectivity index (χ2n) is 8.18. The summed E-state index contributed by atoms with van der Waals surface area (Å²) in [5, 5.41) is 8.98. The highest BCUT2D eigenvalue weighted by Gasteiger charge is 2.22. The molecule has 0 saturated carbocycles. The second kappa shape index (κ2) is 9.25. The minimum absolute atomic E-state index is 0.206. The van der Waals surface area contributed by atoms with Crippen LogP contribution in [0, 0.1) is 6.92 Å². The monoisotopic (exact) mass is 393 g/mol. The van der Waals surface area contributed by atoms with Crippen LogP contribution >= 0.6 is 0 Å². The Morgan fingerprint density at radius 3 is 2.03 bits per heavy atom. The van der Waals surface area contributed by atoms with Gasteiger partial charge in [-0.1, -0.05) is 42.7 Å². The highest BCUT2D eigenvalue weighted by molar-refractivity contribution is 5.79. The Balaban J connectivity index is 1.30. The van der Waals surface area contributed by atoms with Gasteiger partial charge in [0, 0.05) is 39.3 Å². The number of benzene rings is 1. The van der Waals surface area contributed by atoms with Gasteiger partial charge in [0.2, 0.25) is 5.91 Å². The Bertz CT molecular complexity index is 806. The Hall–Kier alpha value is -2.63.